The summed E-state index contributed by atoms with van der Waals surface area (Å²) < 4.78 is 5.30. The highest BCUT2D eigenvalue weighted by atomic mass is 16.5. The Morgan fingerprint density at radius 2 is 1.89 bits per heavy atom. The van der Waals surface area contributed by atoms with Gasteiger partial charge in [-0.25, -0.2) is 4.79 Å². The van der Waals surface area contributed by atoms with Crippen molar-refractivity contribution < 1.29 is 14.3 Å². The lowest BCUT2D eigenvalue weighted by molar-refractivity contribution is 0.0780. The van der Waals surface area contributed by atoms with Crippen molar-refractivity contribution in [2.45, 2.75) is 26.9 Å². The number of nitrogens with one attached hydrogen (secondary N) is 2. The standard InChI is InChI=1S/C14H20N2O3/c1-4-19-10(2)9-15-14(18)16-13-7-5-12(6-8-13)11(3)17/h5-8,10H,4,9H2,1-3H3,(H2,15,16,18). The average molecular weight is 264 g/mol. The molecule has 1 unspecified atom stereocenters. The van der Waals surface area contributed by atoms with Crippen LogP contribution in [0.3, 0.4) is 0 Å². The van der Waals surface area contributed by atoms with E-state index in [4.69, 9.17) is 4.74 Å². The minimum atomic E-state index is -0.290. The molecule has 0 spiro atoms. The average Bonchev–Trinajstić information content (AvgIpc) is 2.37. The van der Waals surface area contributed by atoms with Crippen LogP contribution in [0, 0.1) is 0 Å². The fourth-order valence-electron chi connectivity index (χ4n) is 1.54. The molecule has 104 valence electrons. The zero-order chi connectivity index (χ0) is 14.3. The molecule has 0 bridgehead atoms. The second-order valence-electron chi connectivity index (χ2n) is 4.23. The number of anilines is 1. The van der Waals surface area contributed by atoms with Gasteiger partial charge in [-0.2, -0.15) is 0 Å². The van der Waals surface area contributed by atoms with Gasteiger partial charge in [-0.3, -0.25) is 4.79 Å². The van der Waals surface area contributed by atoms with E-state index >= 15 is 0 Å². The summed E-state index contributed by atoms with van der Waals surface area (Å²) in [6.45, 7) is 6.38. The number of amides is 2. The molecule has 5 nitrogen and oxygen atoms in total. The summed E-state index contributed by atoms with van der Waals surface area (Å²) in [6.07, 6.45) is -0.0177. The summed E-state index contributed by atoms with van der Waals surface area (Å²) in [4.78, 5) is 22.7. The fraction of sp³-hybridized carbons (Fsp3) is 0.429. The number of rotatable bonds is 6. The van der Waals surface area contributed by atoms with E-state index in [1.165, 1.54) is 6.92 Å². The van der Waals surface area contributed by atoms with Crippen LogP contribution in [-0.2, 0) is 4.74 Å². The molecule has 0 aliphatic heterocycles. The smallest absolute Gasteiger partial charge is 0.319 e. The number of carbonyl (C=O) groups excluding carboxylic acids is 2. The number of Topliss-reactive ketones (excluding diaryl/α,β-unsaturated/α-hetero) is 1. The molecule has 1 rings (SSSR count). The number of hydrogen-bond donors (Lipinski definition) is 2. The van der Waals surface area contributed by atoms with Gasteiger partial charge in [-0.15, -0.1) is 0 Å². The van der Waals surface area contributed by atoms with Crippen molar-refractivity contribution >= 4 is 17.5 Å². The molecule has 2 amide bonds. The lowest BCUT2D eigenvalue weighted by Crippen LogP contribution is -2.35. The van der Waals surface area contributed by atoms with Crippen molar-refractivity contribution in [1.29, 1.82) is 0 Å². The number of urea groups is 1. The number of hydrogen-bond acceptors (Lipinski definition) is 3. The Kier molecular flexibility index (Phi) is 6.02. The highest BCUT2D eigenvalue weighted by molar-refractivity contribution is 5.95. The fourth-order valence-corrected chi connectivity index (χ4v) is 1.54. The molecule has 0 radical (unpaired) electrons. The molecule has 5 heteroatoms. The molecule has 1 aromatic rings. The van der Waals surface area contributed by atoms with E-state index in [1.54, 1.807) is 24.3 Å². The third-order valence-electron chi connectivity index (χ3n) is 2.55. The molecule has 19 heavy (non-hydrogen) atoms. The summed E-state index contributed by atoms with van der Waals surface area (Å²) in [7, 11) is 0. The maximum atomic E-state index is 11.6. The molecular weight excluding hydrogens is 244 g/mol. The van der Waals surface area contributed by atoms with Crippen LogP contribution in [0.4, 0.5) is 10.5 Å². The maximum Gasteiger partial charge on any atom is 0.319 e. The van der Waals surface area contributed by atoms with Crippen molar-refractivity contribution in [2.75, 3.05) is 18.5 Å². The van der Waals surface area contributed by atoms with Crippen LogP contribution < -0.4 is 10.6 Å². The van der Waals surface area contributed by atoms with Crippen molar-refractivity contribution in [3.8, 4) is 0 Å². The SMILES string of the molecule is CCOC(C)CNC(=O)Nc1ccc(C(C)=O)cc1. The normalized spacial score (nSPS) is 11.7. The van der Waals surface area contributed by atoms with E-state index in [9.17, 15) is 9.59 Å². The third-order valence-corrected chi connectivity index (χ3v) is 2.55. The first kappa shape index (κ1) is 15.2. The molecule has 0 heterocycles. The number of ether oxygens (including phenoxy) is 1. The van der Waals surface area contributed by atoms with Crippen molar-refractivity contribution in [2.24, 2.45) is 0 Å². The van der Waals surface area contributed by atoms with Crippen LogP contribution in [-0.4, -0.2) is 31.1 Å². The molecule has 1 aromatic carbocycles. The Bertz CT molecular complexity index is 429. The molecule has 0 aliphatic rings. The van der Waals surface area contributed by atoms with Gasteiger partial charge in [0.1, 0.15) is 0 Å². The number of benzene rings is 1. The van der Waals surface area contributed by atoms with E-state index < -0.39 is 0 Å². The minimum Gasteiger partial charge on any atom is -0.377 e. The van der Waals surface area contributed by atoms with Gasteiger partial charge in [0.25, 0.3) is 0 Å². The summed E-state index contributed by atoms with van der Waals surface area (Å²) in [5.74, 6) is 0.00143. The van der Waals surface area contributed by atoms with Crippen molar-refractivity contribution in [3.63, 3.8) is 0 Å². The first-order valence-electron chi connectivity index (χ1n) is 6.30. The Morgan fingerprint density at radius 1 is 1.26 bits per heavy atom. The lowest BCUT2D eigenvalue weighted by Gasteiger charge is -2.13. The second kappa shape index (κ2) is 7.53. The van der Waals surface area contributed by atoms with Crippen LogP contribution >= 0.6 is 0 Å². The molecule has 0 saturated carbocycles. The molecule has 1 atom stereocenters. The van der Waals surface area contributed by atoms with Crippen LogP contribution in [0.5, 0.6) is 0 Å². The van der Waals surface area contributed by atoms with E-state index in [0.717, 1.165) is 0 Å². The highest BCUT2D eigenvalue weighted by Gasteiger charge is 2.05. The Balaban J connectivity index is 2.42. The summed E-state index contributed by atoms with van der Waals surface area (Å²) in [6, 6.07) is 6.47. The minimum absolute atomic E-state index is 0.00143. The Hall–Kier alpha value is -1.88. The molecular formula is C14H20N2O3. The van der Waals surface area contributed by atoms with Crippen LogP contribution in [0.2, 0.25) is 0 Å². The van der Waals surface area contributed by atoms with E-state index in [1.807, 2.05) is 13.8 Å². The summed E-state index contributed by atoms with van der Waals surface area (Å²) in [5, 5.41) is 5.40. The van der Waals surface area contributed by atoms with Gasteiger partial charge in [-0.05, 0) is 45.0 Å². The van der Waals surface area contributed by atoms with E-state index in [2.05, 4.69) is 10.6 Å². The monoisotopic (exact) mass is 264 g/mol. The van der Waals surface area contributed by atoms with E-state index in [0.29, 0.717) is 24.4 Å². The Labute approximate surface area is 113 Å². The van der Waals surface area contributed by atoms with E-state index in [-0.39, 0.29) is 17.9 Å². The lowest BCUT2D eigenvalue weighted by atomic mass is 10.1. The predicted molar refractivity (Wildman–Crippen MR) is 74.6 cm³/mol. The second-order valence-corrected chi connectivity index (χ2v) is 4.23. The van der Waals surface area contributed by atoms with Crippen molar-refractivity contribution in [3.05, 3.63) is 29.8 Å². The number of carbonyl (C=O) groups is 2. The van der Waals surface area contributed by atoms with Crippen LogP contribution in [0.1, 0.15) is 31.1 Å². The zero-order valence-corrected chi connectivity index (χ0v) is 11.5. The van der Waals surface area contributed by atoms with Gasteiger partial charge in [0.2, 0.25) is 0 Å². The first-order valence-corrected chi connectivity index (χ1v) is 6.30. The molecule has 0 aromatic heterocycles. The topological polar surface area (TPSA) is 67.4 Å². The van der Waals surface area contributed by atoms with Crippen molar-refractivity contribution in [1.82, 2.24) is 5.32 Å². The van der Waals surface area contributed by atoms with Gasteiger partial charge in [0.15, 0.2) is 5.78 Å². The summed E-state index contributed by atoms with van der Waals surface area (Å²) >= 11 is 0. The van der Waals surface area contributed by atoms with Gasteiger partial charge < -0.3 is 15.4 Å². The predicted octanol–water partition coefficient (Wildman–Crippen LogP) is 2.44. The van der Waals surface area contributed by atoms with Gasteiger partial charge in [0, 0.05) is 24.4 Å². The third kappa shape index (κ3) is 5.52. The maximum absolute atomic E-state index is 11.6. The molecule has 2 N–H and O–H groups in total. The van der Waals surface area contributed by atoms with Gasteiger partial charge in [0.05, 0.1) is 6.10 Å². The molecule has 0 aliphatic carbocycles. The summed E-state index contributed by atoms with van der Waals surface area (Å²) in [5.41, 5.74) is 1.27. The highest BCUT2D eigenvalue weighted by Crippen LogP contribution is 2.09. The van der Waals surface area contributed by atoms with Crippen LogP contribution in [0.25, 0.3) is 0 Å². The van der Waals surface area contributed by atoms with Gasteiger partial charge >= 0.3 is 6.03 Å². The molecule has 0 fully saturated rings. The van der Waals surface area contributed by atoms with Gasteiger partial charge in [-0.1, -0.05) is 0 Å². The Morgan fingerprint density at radius 3 is 2.42 bits per heavy atom. The largest absolute Gasteiger partial charge is 0.377 e. The molecule has 0 saturated heterocycles. The van der Waals surface area contributed by atoms with Crippen LogP contribution in [0.15, 0.2) is 24.3 Å². The first-order chi connectivity index (χ1) is 9.02. The number of ketones is 1. The zero-order valence-electron chi connectivity index (χ0n) is 11.5. The quantitative estimate of drug-likeness (QED) is 0.775.